The van der Waals surface area contributed by atoms with E-state index in [9.17, 15) is 9.59 Å². The number of nitrogens with zero attached hydrogens (tertiary/aromatic N) is 1. The second-order valence-corrected chi connectivity index (χ2v) is 6.79. The number of ether oxygens (including phenoxy) is 1. The molecule has 0 aliphatic carbocycles. The lowest BCUT2D eigenvalue weighted by Gasteiger charge is -2.49. The second-order valence-electron chi connectivity index (χ2n) is 6.79. The van der Waals surface area contributed by atoms with Crippen LogP contribution in [0.2, 0.25) is 0 Å². The average Bonchev–Trinajstić information content (AvgIpc) is 2.68. The fourth-order valence-corrected chi connectivity index (χ4v) is 4.30. The van der Waals surface area contributed by atoms with Crippen molar-refractivity contribution in [2.45, 2.75) is 24.9 Å². The Kier molecular flexibility index (Phi) is 4.24. The van der Waals surface area contributed by atoms with Gasteiger partial charge in [-0.05, 0) is 23.1 Å². The number of cyclic esters (lactones) is 1. The standard InChI is InChI=1S/C21H22N2O3/c1-15(24)23-13-14-26-20(25)19(23)21(17-8-3-2-4-9-17)18-10-6-5-7-16(18)11-12-22-21/h2-10,19,22H,11-14H2,1H3. The Morgan fingerprint density at radius 3 is 2.65 bits per heavy atom. The topological polar surface area (TPSA) is 58.6 Å². The molecule has 2 aromatic rings. The third kappa shape index (κ3) is 2.51. The number of amides is 1. The highest BCUT2D eigenvalue weighted by Crippen LogP contribution is 2.41. The van der Waals surface area contributed by atoms with Gasteiger partial charge in [0.05, 0.1) is 6.54 Å². The number of hydrogen-bond acceptors (Lipinski definition) is 4. The van der Waals surface area contributed by atoms with Gasteiger partial charge in [-0.1, -0.05) is 54.6 Å². The summed E-state index contributed by atoms with van der Waals surface area (Å²) in [6, 6.07) is 17.3. The summed E-state index contributed by atoms with van der Waals surface area (Å²) in [6.07, 6.45) is 0.882. The first-order chi connectivity index (χ1) is 12.6. The zero-order valence-corrected chi connectivity index (χ0v) is 14.8. The van der Waals surface area contributed by atoms with E-state index < -0.39 is 11.6 Å². The van der Waals surface area contributed by atoms with Gasteiger partial charge in [-0.2, -0.15) is 0 Å². The largest absolute Gasteiger partial charge is 0.462 e. The molecule has 1 amide bonds. The van der Waals surface area contributed by atoms with E-state index in [2.05, 4.69) is 17.4 Å². The number of morpholine rings is 1. The SMILES string of the molecule is CC(=O)N1CCOC(=O)C1C1(c2ccccc2)NCCc2ccccc21. The molecule has 0 spiro atoms. The molecular weight excluding hydrogens is 328 g/mol. The van der Waals surface area contributed by atoms with Gasteiger partial charge in [0.25, 0.3) is 0 Å². The third-order valence-electron chi connectivity index (χ3n) is 5.40. The lowest BCUT2D eigenvalue weighted by Crippen LogP contribution is -2.67. The smallest absolute Gasteiger partial charge is 0.331 e. The fourth-order valence-electron chi connectivity index (χ4n) is 4.30. The molecule has 1 N–H and O–H groups in total. The van der Waals surface area contributed by atoms with Crippen LogP contribution >= 0.6 is 0 Å². The molecule has 26 heavy (non-hydrogen) atoms. The summed E-state index contributed by atoms with van der Waals surface area (Å²) in [5.41, 5.74) is 2.37. The van der Waals surface area contributed by atoms with Crippen LogP contribution in [0.15, 0.2) is 54.6 Å². The van der Waals surface area contributed by atoms with Crippen molar-refractivity contribution in [3.63, 3.8) is 0 Å². The summed E-state index contributed by atoms with van der Waals surface area (Å²) in [5, 5.41) is 3.60. The molecule has 4 rings (SSSR count). The molecule has 2 aliphatic rings. The van der Waals surface area contributed by atoms with E-state index in [-0.39, 0.29) is 18.5 Å². The van der Waals surface area contributed by atoms with Gasteiger partial charge >= 0.3 is 5.97 Å². The molecule has 0 bridgehead atoms. The predicted octanol–water partition coefficient (Wildman–Crippen LogP) is 1.85. The first-order valence-corrected chi connectivity index (χ1v) is 8.97. The molecule has 2 atom stereocenters. The van der Waals surface area contributed by atoms with E-state index in [4.69, 9.17) is 4.74 Å². The van der Waals surface area contributed by atoms with Crippen LogP contribution in [0.3, 0.4) is 0 Å². The lowest BCUT2D eigenvalue weighted by molar-refractivity contribution is -0.167. The highest BCUT2D eigenvalue weighted by Gasteiger charge is 2.53. The average molecular weight is 350 g/mol. The van der Waals surface area contributed by atoms with E-state index in [1.165, 1.54) is 12.5 Å². The maximum atomic E-state index is 12.9. The number of carbonyl (C=O) groups excluding carboxylic acids is 2. The van der Waals surface area contributed by atoms with Crippen molar-refractivity contribution < 1.29 is 14.3 Å². The monoisotopic (exact) mass is 350 g/mol. The number of hydrogen-bond donors (Lipinski definition) is 1. The van der Waals surface area contributed by atoms with Crippen molar-refractivity contribution in [2.75, 3.05) is 19.7 Å². The van der Waals surface area contributed by atoms with Crippen molar-refractivity contribution in [1.29, 1.82) is 0 Å². The summed E-state index contributed by atoms with van der Waals surface area (Å²) >= 11 is 0. The first kappa shape index (κ1) is 16.8. The van der Waals surface area contributed by atoms with Crippen LogP contribution in [0, 0.1) is 0 Å². The zero-order chi connectivity index (χ0) is 18.1. The molecule has 0 radical (unpaired) electrons. The molecular formula is C21H22N2O3. The van der Waals surface area contributed by atoms with Crippen molar-refractivity contribution in [1.82, 2.24) is 10.2 Å². The van der Waals surface area contributed by atoms with Crippen LogP contribution in [-0.4, -0.2) is 42.5 Å². The maximum absolute atomic E-state index is 12.9. The van der Waals surface area contributed by atoms with Gasteiger partial charge in [-0.15, -0.1) is 0 Å². The van der Waals surface area contributed by atoms with Crippen LogP contribution in [0.4, 0.5) is 0 Å². The molecule has 0 saturated carbocycles. The molecule has 2 unspecified atom stereocenters. The molecule has 134 valence electrons. The van der Waals surface area contributed by atoms with E-state index in [0.717, 1.165) is 24.1 Å². The van der Waals surface area contributed by atoms with Crippen molar-refractivity contribution in [3.8, 4) is 0 Å². The molecule has 2 heterocycles. The molecule has 5 nitrogen and oxygen atoms in total. The van der Waals surface area contributed by atoms with Crippen LogP contribution in [0.25, 0.3) is 0 Å². The molecule has 0 aromatic heterocycles. The second kappa shape index (κ2) is 6.57. The van der Waals surface area contributed by atoms with Gasteiger partial charge in [-0.25, -0.2) is 4.79 Å². The predicted molar refractivity (Wildman–Crippen MR) is 97.5 cm³/mol. The number of nitrogens with one attached hydrogen (secondary N) is 1. The van der Waals surface area contributed by atoms with Gasteiger partial charge in [0.15, 0.2) is 6.04 Å². The van der Waals surface area contributed by atoms with Crippen LogP contribution < -0.4 is 5.32 Å². The summed E-state index contributed by atoms with van der Waals surface area (Å²) in [5.74, 6) is -0.480. The van der Waals surface area contributed by atoms with Crippen molar-refractivity contribution in [2.24, 2.45) is 0 Å². The summed E-state index contributed by atoms with van der Waals surface area (Å²) < 4.78 is 5.41. The van der Waals surface area contributed by atoms with E-state index in [0.29, 0.717) is 6.54 Å². The number of esters is 1. The van der Waals surface area contributed by atoms with Gasteiger partial charge in [0, 0.05) is 13.5 Å². The quantitative estimate of drug-likeness (QED) is 0.840. The van der Waals surface area contributed by atoms with Crippen LogP contribution in [-0.2, 0) is 26.3 Å². The van der Waals surface area contributed by atoms with E-state index >= 15 is 0 Å². The van der Waals surface area contributed by atoms with Gasteiger partial charge in [-0.3, -0.25) is 4.79 Å². The number of rotatable bonds is 2. The Balaban J connectivity index is 1.99. The van der Waals surface area contributed by atoms with Gasteiger partial charge in [0.2, 0.25) is 5.91 Å². The molecule has 1 fully saturated rings. The molecule has 2 aromatic carbocycles. The Morgan fingerprint density at radius 2 is 1.88 bits per heavy atom. The van der Waals surface area contributed by atoms with Crippen molar-refractivity contribution >= 4 is 11.9 Å². The van der Waals surface area contributed by atoms with E-state index in [1.807, 2.05) is 42.5 Å². The van der Waals surface area contributed by atoms with Crippen molar-refractivity contribution in [3.05, 3.63) is 71.3 Å². The molecule has 5 heteroatoms. The van der Waals surface area contributed by atoms with Crippen LogP contribution in [0.1, 0.15) is 23.6 Å². The number of carbonyl (C=O) groups is 2. The Bertz CT molecular complexity index is 836. The third-order valence-corrected chi connectivity index (χ3v) is 5.40. The lowest BCUT2D eigenvalue weighted by atomic mass is 9.71. The highest BCUT2D eigenvalue weighted by atomic mass is 16.5. The molecule has 1 saturated heterocycles. The Morgan fingerprint density at radius 1 is 1.15 bits per heavy atom. The normalized spacial score (nSPS) is 25.3. The zero-order valence-electron chi connectivity index (χ0n) is 14.8. The van der Waals surface area contributed by atoms with E-state index in [1.54, 1.807) is 4.90 Å². The number of benzene rings is 2. The van der Waals surface area contributed by atoms with Gasteiger partial charge in [0.1, 0.15) is 12.1 Å². The maximum Gasteiger partial charge on any atom is 0.331 e. The fraction of sp³-hybridized carbons (Fsp3) is 0.333. The highest BCUT2D eigenvalue weighted by molar-refractivity contribution is 5.87. The minimum absolute atomic E-state index is 0.119. The summed E-state index contributed by atoms with van der Waals surface area (Å²) in [6.45, 7) is 2.88. The van der Waals surface area contributed by atoms with Gasteiger partial charge < -0.3 is 15.0 Å². The van der Waals surface area contributed by atoms with Crippen LogP contribution in [0.5, 0.6) is 0 Å². The Labute approximate surface area is 153 Å². The Hall–Kier alpha value is -2.66. The summed E-state index contributed by atoms with van der Waals surface area (Å²) in [4.78, 5) is 27.0. The molecule has 2 aliphatic heterocycles. The minimum atomic E-state index is -0.820. The first-order valence-electron chi connectivity index (χ1n) is 8.97. The minimum Gasteiger partial charge on any atom is -0.462 e. The number of fused-ring (bicyclic) bond motifs is 1. The summed E-state index contributed by atoms with van der Waals surface area (Å²) in [7, 11) is 0.